The van der Waals surface area contributed by atoms with Crippen LogP contribution in [0.5, 0.6) is 0 Å². The van der Waals surface area contributed by atoms with Crippen LogP contribution in [0.25, 0.3) is 0 Å². The van der Waals surface area contributed by atoms with E-state index in [1.54, 1.807) is 7.05 Å². The minimum atomic E-state index is -0.876. The number of rotatable bonds is 4. The number of nitrogens with zero attached hydrogens (tertiary/aromatic N) is 1. The van der Waals surface area contributed by atoms with Gasteiger partial charge in [-0.15, -0.1) is 0 Å². The fourth-order valence-electron chi connectivity index (χ4n) is 3.01. The summed E-state index contributed by atoms with van der Waals surface area (Å²) in [5.74, 6) is -0.801. The van der Waals surface area contributed by atoms with Crippen molar-refractivity contribution >= 4 is 11.9 Å². The van der Waals surface area contributed by atoms with Crippen molar-refractivity contribution in [2.24, 2.45) is 5.41 Å². The Labute approximate surface area is 113 Å². The largest absolute Gasteiger partial charge is 0.479 e. The summed E-state index contributed by atoms with van der Waals surface area (Å²) in [6.07, 6.45) is 1.53. The lowest BCUT2D eigenvalue weighted by Gasteiger charge is -2.24. The first-order valence-corrected chi connectivity index (χ1v) is 6.77. The second kappa shape index (κ2) is 5.46. The molecule has 1 amide bonds. The summed E-state index contributed by atoms with van der Waals surface area (Å²) in [6, 6.07) is 0. The van der Waals surface area contributed by atoms with E-state index >= 15 is 0 Å². The number of carbonyl (C=O) groups is 2. The van der Waals surface area contributed by atoms with E-state index in [2.05, 4.69) is 10.2 Å². The van der Waals surface area contributed by atoms with Gasteiger partial charge in [0.1, 0.15) is 0 Å². The van der Waals surface area contributed by atoms with Gasteiger partial charge in [-0.1, -0.05) is 0 Å². The zero-order valence-electron chi connectivity index (χ0n) is 11.5. The van der Waals surface area contributed by atoms with Crippen molar-refractivity contribution in [1.82, 2.24) is 10.2 Å². The SMILES string of the molecule is CNC(=O)C1(C)CCN(CC2CCC(C(=O)O)O2)C1. The second-order valence-corrected chi connectivity index (χ2v) is 5.79. The lowest BCUT2D eigenvalue weighted by molar-refractivity contribution is -0.149. The van der Waals surface area contributed by atoms with E-state index in [0.717, 1.165) is 25.9 Å². The van der Waals surface area contributed by atoms with Crippen LogP contribution < -0.4 is 5.32 Å². The summed E-state index contributed by atoms with van der Waals surface area (Å²) in [7, 11) is 1.66. The molecule has 2 N–H and O–H groups in total. The van der Waals surface area contributed by atoms with Gasteiger partial charge in [0, 0.05) is 20.1 Å². The number of hydrogen-bond donors (Lipinski definition) is 2. The van der Waals surface area contributed by atoms with Crippen LogP contribution >= 0.6 is 0 Å². The van der Waals surface area contributed by atoms with Crippen LogP contribution in [0, 0.1) is 5.41 Å². The van der Waals surface area contributed by atoms with Gasteiger partial charge in [-0.25, -0.2) is 4.79 Å². The third-order valence-corrected chi connectivity index (χ3v) is 4.17. The Kier molecular flexibility index (Phi) is 4.10. The number of amides is 1. The Balaban J connectivity index is 1.83. The molecule has 2 heterocycles. The third kappa shape index (κ3) is 3.06. The molecular formula is C13H22N2O4. The second-order valence-electron chi connectivity index (χ2n) is 5.79. The Morgan fingerprint density at radius 1 is 1.47 bits per heavy atom. The lowest BCUT2D eigenvalue weighted by Crippen LogP contribution is -2.40. The van der Waals surface area contributed by atoms with Crippen LogP contribution in [-0.2, 0) is 14.3 Å². The zero-order chi connectivity index (χ0) is 14.0. The molecule has 3 atom stereocenters. The van der Waals surface area contributed by atoms with Crippen molar-refractivity contribution in [3.8, 4) is 0 Å². The molecule has 3 unspecified atom stereocenters. The van der Waals surface area contributed by atoms with E-state index in [9.17, 15) is 9.59 Å². The predicted octanol–water partition coefficient (Wildman–Crippen LogP) is 0.0766. The van der Waals surface area contributed by atoms with Crippen molar-refractivity contribution in [1.29, 1.82) is 0 Å². The zero-order valence-corrected chi connectivity index (χ0v) is 11.5. The lowest BCUT2D eigenvalue weighted by atomic mass is 9.89. The summed E-state index contributed by atoms with van der Waals surface area (Å²) in [6.45, 7) is 4.27. The van der Waals surface area contributed by atoms with Crippen LogP contribution in [0.1, 0.15) is 26.2 Å². The van der Waals surface area contributed by atoms with Crippen LogP contribution in [0.4, 0.5) is 0 Å². The minimum absolute atomic E-state index is 0.0202. The molecule has 2 rings (SSSR count). The van der Waals surface area contributed by atoms with Gasteiger partial charge in [-0.3, -0.25) is 9.69 Å². The molecule has 0 spiro atoms. The number of carbonyl (C=O) groups excluding carboxylic acids is 1. The first-order valence-electron chi connectivity index (χ1n) is 6.77. The van der Waals surface area contributed by atoms with Gasteiger partial charge >= 0.3 is 5.97 Å². The Morgan fingerprint density at radius 2 is 2.21 bits per heavy atom. The molecule has 6 heteroatoms. The maximum Gasteiger partial charge on any atom is 0.332 e. The fourth-order valence-corrected chi connectivity index (χ4v) is 3.01. The Bertz CT molecular complexity index is 374. The van der Waals surface area contributed by atoms with Gasteiger partial charge in [0.2, 0.25) is 5.91 Å². The summed E-state index contributed by atoms with van der Waals surface area (Å²) < 4.78 is 5.50. The highest BCUT2D eigenvalue weighted by Crippen LogP contribution is 2.31. The molecule has 0 saturated carbocycles. The molecule has 0 aromatic rings. The summed E-state index contributed by atoms with van der Waals surface area (Å²) >= 11 is 0. The average Bonchev–Trinajstić information content (AvgIpc) is 2.97. The number of carboxylic acid groups (broad SMARTS) is 1. The van der Waals surface area contributed by atoms with Crippen LogP contribution in [0.2, 0.25) is 0 Å². The van der Waals surface area contributed by atoms with Gasteiger partial charge in [-0.05, 0) is 32.7 Å². The van der Waals surface area contributed by atoms with Crippen molar-refractivity contribution in [2.45, 2.75) is 38.4 Å². The Hall–Kier alpha value is -1.14. The number of hydrogen-bond acceptors (Lipinski definition) is 4. The molecule has 0 bridgehead atoms. The molecule has 2 aliphatic heterocycles. The molecule has 0 aromatic carbocycles. The molecule has 2 fully saturated rings. The first kappa shape index (κ1) is 14.3. The molecule has 0 aliphatic carbocycles. The van der Waals surface area contributed by atoms with Crippen LogP contribution in [-0.4, -0.2) is 60.8 Å². The number of carboxylic acids is 1. The highest BCUT2D eigenvalue weighted by Gasteiger charge is 2.41. The number of nitrogens with one attached hydrogen (secondary N) is 1. The fraction of sp³-hybridized carbons (Fsp3) is 0.846. The molecule has 108 valence electrons. The minimum Gasteiger partial charge on any atom is -0.479 e. The van der Waals surface area contributed by atoms with E-state index in [4.69, 9.17) is 9.84 Å². The number of likely N-dealkylation sites (tertiary alicyclic amines) is 1. The maximum absolute atomic E-state index is 11.8. The van der Waals surface area contributed by atoms with E-state index in [-0.39, 0.29) is 17.4 Å². The molecule has 2 aliphatic rings. The molecule has 0 radical (unpaired) electrons. The van der Waals surface area contributed by atoms with E-state index in [1.165, 1.54) is 0 Å². The summed E-state index contributed by atoms with van der Waals surface area (Å²) in [5, 5.41) is 11.6. The van der Waals surface area contributed by atoms with Crippen molar-refractivity contribution in [2.75, 3.05) is 26.7 Å². The highest BCUT2D eigenvalue weighted by molar-refractivity contribution is 5.82. The molecule has 19 heavy (non-hydrogen) atoms. The molecule has 0 aromatic heterocycles. The molecule has 6 nitrogen and oxygen atoms in total. The number of ether oxygens (including phenoxy) is 1. The average molecular weight is 270 g/mol. The van der Waals surface area contributed by atoms with Crippen molar-refractivity contribution < 1.29 is 19.4 Å². The van der Waals surface area contributed by atoms with Gasteiger partial charge in [0.15, 0.2) is 6.10 Å². The standard InChI is InChI=1S/C13H22N2O4/c1-13(12(18)14-2)5-6-15(8-13)7-9-3-4-10(19-9)11(16)17/h9-10H,3-8H2,1-2H3,(H,14,18)(H,16,17). The molecular weight excluding hydrogens is 248 g/mol. The third-order valence-electron chi connectivity index (χ3n) is 4.17. The van der Waals surface area contributed by atoms with Gasteiger partial charge in [0.05, 0.1) is 11.5 Å². The van der Waals surface area contributed by atoms with Crippen LogP contribution in [0.15, 0.2) is 0 Å². The van der Waals surface area contributed by atoms with E-state index < -0.39 is 12.1 Å². The number of aliphatic carboxylic acids is 1. The van der Waals surface area contributed by atoms with E-state index in [1.807, 2.05) is 6.92 Å². The predicted molar refractivity (Wildman–Crippen MR) is 68.8 cm³/mol. The first-order chi connectivity index (χ1) is 8.94. The highest BCUT2D eigenvalue weighted by atomic mass is 16.5. The van der Waals surface area contributed by atoms with Gasteiger partial charge < -0.3 is 15.2 Å². The van der Waals surface area contributed by atoms with Gasteiger partial charge in [-0.2, -0.15) is 0 Å². The van der Waals surface area contributed by atoms with Gasteiger partial charge in [0.25, 0.3) is 0 Å². The summed E-state index contributed by atoms with van der Waals surface area (Å²) in [4.78, 5) is 24.8. The molecule has 2 saturated heterocycles. The smallest absolute Gasteiger partial charge is 0.332 e. The maximum atomic E-state index is 11.8. The quantitative estimate of drug-likeness (QED) is 0.756. The summed E-state index contributed by atoms with van der Waals surface area (Å²) in [5.41, 5.74) is -0.334. The van der Waals surface area contributed by atoms with Crippen molar-refractivity contribution in [3.05, 3.63) is 0 Å². The Morgan fingerprint density at radius 3 is 2.79 bits per heavy atom. The van der Waals surface area contributed by atoms with Crippen LogP contribution in [0.3, 0.4) is 0 Å². The van der Waals surface area contributed by atoms with E-state index in [0.29, 0.717) is 13.0 Å². The topological polar surface area (TPSA) is 78.9 Å². The van der Waals surface area contributed by atoms with Crippen molar-refractivity contribution in [3.63, 3.8) is 0 Å². The monoisotopic (exact) mass is 270 g/mol. The normalized spacial score (nSPS) is 35.5.